The summed E-state index contributed by atoms with van der Waals surface area (Å²) in [6.45, 7) is 15.7. The van der Waals surface area contributed by atoms with E-state index in [0.717, 1.165) is 90.8 Å². The molecule has 0 radical (unpaired) electrons. The van der Waals surface area contributed by atoms with Crippen molar-refractivity contribution in [3.8, 4) is 0 Å². The first kappa shape index (κ1) is 41.4. The number of nitrogens with one attached hydrogen (secondary N) is 4. The number of aromatic amines is 4. The zero-order chi connectivity index (χ0) is 40.0. The van der Waals surface area contributed by atoms with Gasteiger partial charge in [-0.05, 0) is 135 Å². The van der Waals surface area contributed by atoms with Gasteiger partial charge in [0, 0.05) is 114 Å². The summed E-state index contributed by atoms with van der Waals surface area (Å²) in [5.41, 5.74) is 10.4. The van der Waals surface area contributed by atoms with E-state index in [4.69, 9.17) is 15.3 Å². The fourth-order valence-corrected chi connectivity index (χ4v) is 8.05. The highest BCUT2D eigenvalue weighted by atomic mass is 16.2. The quantitative estimate of drug-likeness (QED) is 0.0987. The Labute approximate surface area is 325 Å². The van der Waals surface area contributed by atoms with Gasteiger partial charge in [-0.3, -0.25) is 9.36 Å². The van der Waals surface area contributed by atoms with E-state index in [1.165, 1.54) is 45.6 Å². The van der Waals surface area contributed by atoms with Gasteiger partial charge in [0.15, 0.2) is 0 Å². The molecule has 0 unspecified atom stereocenters. The van der Waals surface area contributed by atoms with Crippen LogP contribution in [0, 0.1) is 0 Å². The minimum Gasteiger partial charge on any atom is -0.400 e. The van der Waals surface area contributed by atoms with E-state index < -0.39 is 0 Å². The number of aryl methyl sites for hydroxylation is 4. The molecule has 14 bridgehead atoms. The maximum atomic E-state index is 7.00. The van der Waals surface area contributed by atoms with E-state index in [9.17, 15) is 0 Å². The van der Waals surface area contributed by atoms with Gasteiger partial charge >= 0.3 is 0 Å². The molecule has 6 aromatic rings. The number of aliphatic hydroxyl groups is 3. The highest BCUT2D eigenvalue weighted by molar-refractivity contribution is 5.44. The van der Waals surface area contributed by atoms with Crippen molar-refractivity contribution in [2.45, 2.75) is 121 Å². The molecule has 6 aromatic heterocycles. The van der Waals surface area contributed by atoms with Crippen LogP contribution >= 0.6 is 0 Å². The summed E-state index contributed by atoms with van der Waals surface area (Å²) in [5.74, 6) is 0. The van der Waals surface area contributed by atoms with Crippen LogP contribution in [0.1, 0.15) is 131 Å². The van der Waals surface area contributed by atoms with Gasteiger partial charge in [-0.15, -0.1) is 10.2 Å². The van der Waals surface area contributed by atoms with Crippen LogP contribution in [0.2, 0.25) is 0 Å². The molecule has 0 saturated carbocycles. The molecule has 0 amide bonds. The Morgan fingerprint density at radius 2 is 0.745 bits per heavy atom. The molecular formula is C42H62N10O3. The first-order valence-corrected chi connectivity index (χ1v) is 19.4. The van der Waals surface area contributed by atoms with Gasteiger partial charge in [0.25, 0.3) is 0 Å². The largest absolute Gasteiger partial charge is 0.400 e. The van der Waals surface area contributed by atoms with Crippen LogP contribution in [0.4, 0.5) is 0 Å². The minimum absolute atomic E-state index is 0.279. The van der Waals surface area contributed by atoms with Crippen molar-refractivity contribution >= 4 is 0 Å². The molecule has 9 rings (SSSR count). The number of aromatic nitrogens is 10. The van der Waals surface area contributed by atoms with Crippen LogP contribution in [0.15, 0.2) is 60.9 Å². The lowest BCUT2D eigenvalue weighted by atomic mass is 9.78. The van der Waals surface area contributed by atoms with Crippen LogP contribution < -0.4 is 0 Å². The Balaban J connectivity index is 0.000000923. The molecule has 3 aliphatic heterocycles. The molecule has 0 spiro atoms. The maximum Gasteiger partial charge on any atom is 0.0827 e. The zero-order valence-corrected chi connectivity index (χ0v) is 34.2. The van der Waals surface area contributed by atoms with Crippen LogP contribution in [0.25, 0.3) is 0 Å². The number of aliphatic hydroxyl groups excluding tert-OH is 3. The second-order valence-corrected chi connectivity index (χ2v) is 16.1. The second-order valence-electron chi connectivity index (χ2n) is 16.1. The molecule has 298 valence electrons. The number of fused-ring (bicyclic) bond motifs is 6. The number of nitrogens with zero attached hydrogens (tertiary/aromatic N) is 6. The van der Waals surface area contributed by atoms with Gasteiger partial charge in [0.05, 0.1) is 11.4 Å². The standard InChI is InChI=1S/C39H50N10.3CH4O/c1-36(2)28-10-14-32(40-28)38(5)20-18-26-24-48(46-44-26)22-8-7-9-23-49-25-27(45-47-49)19-21-39(6,33-15-11-29(36)41-33)35-17-13-31(43-35)37(3,4)30-12-16-34(38)42-30;3*1-2/h10-17,24-25,40-43H,7-9,18-23H2,1-6H3;3*2H,1H3. The van der Waals surface area contributed by atoms with E-state index in [-0.39, 0.29) is 21.7 Å². The lowest BCUT2D eigenvalue weighted by Crippen LogP contribution is -2.29. The molecule has 0 atom stereocenters. The van der Waals surface area contributed by atoms with Crippen LogP contribution in [-0.2, 0) is 47.6 Å². The van der Waals surface area contributed by atoms with Gasteiger partial charge in [-0.2, -0.15) is 0 Å². The topological polar surface area (TPSA) is 185 Å². The fraction of sp³-hybridized carbons (Fsp3) is 0.524. The molecule has 0 aliphatic carbocycles. The number of hydrogen-bond acceptors (Lipinski definition) is 7. The number of hydrogen-bond donors (Lipinski definition) is 7. The van der Waals surface area contributed by atoms with Crippen molar-refractivity contribution in [2.24, 2.45) is 0 Å². The van der Waals surface area contributed by atoms with E-state index in [1.807, 2.05) is 9.36 Å². The van der Waals surface area contributed by atoms with Gasteiger partial charge < -0.3 is 35.3 Å². The smallest absolute Gasteiger partial charge is 0.0827 e. The van der Waals surface area contributed by atoms with Crippen molar-refractivity contribution in [3.05, 3.63) is 118 Å². The molecule has 3 aliphatic rings. The monoisotopic (exact) mass is 755 g/mol. The zero-order valence-electron chi connectivity index (χ0n) is 34.2. The van der Waals surface area contributed by atoms with Crippen LogP contribution in [0.5, 0.6) is 0 Å². The normalized spacial score (nSPS) is 21.6. The highest BCUT2D eigenvalue weighted by Crippen LogP contribution is 2.43. The lowest BCUT2D eigenvalue weighted by molar-refractivity contribution is 0.399. The van der Waals surface area contributed by atoms with Crippen molar-refractivity contribution < 1.29 is 15.3 Å². The Morgan fingerprint density at radius 3 is 1.05 bits per heavy atom. The lowest BCUT2D eigenvalue weighted by Gasteiger charge is -2.31. The Hall–Kier alpha value is -4.72. The summed E-state index contributed by atoms with van der Waals surface area (Å²) >= 11 is 0. The molecule has 0 saturated heterocycles. The molecule has 7 N–H and O–H groups in total. The molecule has 0 aromatic carbocycles. The Bertz CT molecular complexity index is 1850. The van der Waals surface area contributed by atoms with E-state index >= 15 is 0 Å². The van der Waals surface area contributed by atoms with Gasteiger partial charge in [0.1, 0.15) is 0 Å². The first-order valence-electron chi connectivity index (χ1n) is 19.4. The number of rotatable bonds is 0. The highest BCUT2D eigenvalue weighted by Gasteiger charge is 2.39. The SMILES string of the molecule is CC1(C)c2ccc([nH]2)C2(C)CCc3cn(nn3)CCCCCn3cc(nn3)CCC(C)(c3ccc1[nH]3)c1ccc([nH]1)C(C)(C)c1ccc2[nH]1.CO.CO.CO. The van der Waals surface area contributed by atoms with Crippen molar-refractivity contribution in [1.82, 2.24) is 49.9 Å². The molecule has 13 heteroatoms. The molecule has 13 nitrogen and oxygen atoms in total. The second kappa shape index (κ2) is 17.0. The maximum absolute atomic E-state index is 7.00. The molecule has 0 fully saturated rings. The molecule has 9 heterocycles. The van der Waals surface area contributed by atoms with E-state index in [1.54, 1.807) is 0 Å². The fourth-order valence-electron chi connectivity index (χ4n) is 8.05. The summed E-state index contributed by atoms with van der Waals surface area (Å²) in [6.07, 6.45) is 10.9. The minimum atomic E-state index is -0.308. The van der Waals surface area contributed by atoms with Crippen molar-refractivity contribution in [2.75, 3.05) is 21.3 Å². The predicted octanol–water partition coefficient (Wildman–Crippen LogP) is 6.03. The molecular weight excluding hydrogens is 693 g/mol. The average Bonchev–Trinajstić information content (AvgIpc) is 4.06. The summed E-state index contributed by atoms with van der Waals surface area (Å²) in [7, 11) is 3.00. The third kappa shape index (κ3) is 8.01. The summed E-state index contributed by atoms with van der Waals surface area (Å²) in [5, 5.41) is 39.2. The number of H-pyrrole nitrogens is 4. The van der Waals surface area contributed by atoms with Crippen LogP contribution in [0.3, 0.4) is 0 Å². The van der Waals surface area contributed by atoms with Gasteiger partial charge in [-0.25, -0.2) is 0 Å². The van der Waals surface area contributed by atoms with Crippen molar-refractivity contribution in [3.63, 3.8) is 0 Å². The first-order chi connectivity index (χ1) is 26.4. The third-order valence-corrected chi connectivity index (χ3v) is 12.0. The van der Waals surface area contributed by atoms with Gasteiger partial charge in [-0.1, -0.05) is 10.4 Å². The van der Waals surface area contributed by atoms with E-state index in [0.29, 0.717) is 0 Å². The predicted molar refractivity (Wildman–Crippen MR) is 215 cm³/mol. The Kier molecular flexibility index (Phi) is 12.8. The third-order valence-electron chi connectivity index (χ3n) is 12.0. The summed E-state index contributed by atoms with van der Waals surface area (Å²) in [6, 6.07) is 18.3. The average molecular weight is 755 g/mol. The molecule has 55 heavy (non-hydrogen) atoms. The van der Waals surface area contributed by atoms with Gasteiger partial charge in [0.2, 0.25) is 0 Å². The Morgan fingerprint density at radius 1 is 0.455 bits per heavy atom. The summed E-state index contributed by atoms with van der Waals surface area (Å²) < 4.78 is 4.02. The van der Waals surface area contributed by atoms with Crippen LogP contribution in [-0.4, -0.2) is 86.6 Å². The summed E-state index contributed by atoms with van der Waals surface area (Å²) in [4.78, 5) is 15.7. The van der Waals surface area contributed by atoms with Crippen molar-refractivity contribution in [1.29, 1.82) is 0 Å². The van der Waals surface area contributed by atoms with E-state index in [2.05, 4.69) is 143 Å².